The van der Waals surface area contributed by atoms with Crippen LogP contribution in [0.5, 0.6) is 0 Å². The van der Waals surface area contributed by atoms with E-state index in [1.165, 1.54) is 0 Å². The van der Waals surface area contributed by atoms with Gasteiger partial charge in [-0.15, -0.1) is 0 Å². The Bertz CT molecular complexity index is 508. The molecule has 0 fully saturated rings. The Balaban J connectivity index is 1.97. The molecule has 0 aliphatic heterocycles. The highest BCUT2D eigenvalue weighted by Crippen LogP contribution is 2.10. The van der Waals surface area contributed by atoms with Crippen LogP contribution in [0.2, 0.25) is 0 Å². The summed E-state index contributed by atoms with van der Waals surface area (Å²) in [6, 6.07) is 13.2. The van der Waals surface area contributed by atoms with E-state index < -0.39 is 0 Å². The van der Waals surface area contributed by atoms with Crippen molar-refractivity contribution in [2.45, 2.75) is 6.54 Å². The summed E-state index contributed by atoms with van der Waals surface area (Å²) in [6.07, 6.45) is 1.77. The van der Waals surface area contributed by atoms with Gasteiger partial charge in [0, 0.05) is 24.5 Å². The number of carbonyl (C=O) groups excluding carboxylic acids is 1. The van der Waals surface area contributed by atoms with E-state index in [0.717, 1.165) is 11.4 Å². The lowest BCUT2D eigenvalue weighted by molar-refractivity contribution is 0.0963. The fraction of sp³-hybridized carbons (Fsp3) is 0.143. The van der Waals surface area contributed by atoms with Gasteiger partial charge in [-0.1, -0.05) is 6.07 Å². The lowest BCUT2D eigenvalue weighted by Gasteiger charge is -2.06. The molecule has 0 radical (unpaired) electrons. The second-order valence-electron chi connectivity index (χ2n) is 3.83. The maximum Gasteiger partial charge on any atom is 0.251 e. The Morgan fingerprint density at radius 1 is 1.17 bits per heavy atom. The molecular weight excluding hydrogens is 226 g/mol. The maximum atomic E-state index is 11.4. The first-order valence-corrected chi connectivity index (χ1v) is 5.75. The van der Waals surface area contributed by atoms with Gasteiger partial charge in [-0.05, 0) is 36.4 Å². The predicted molar refractivity (Wildman–Crippen MR) is 71.4 cm³/mol. The zero-order valence-electron chi connectivity index (χ0n) is 10.2. The Kier molecular flexibility index (Phi) is 3.91. The van der Waals surface area contributed by atoms with Crippen molar-refractivity contribution in [2.75, 3.05) is 12.4 Å². The van der Waals surface area contributed by atoms with Crippen molar-refractivity contribution >= 4 is 11.6 Å². The summed E-state index contributed by atoms with van der Waals surface area (Å²) < 4.78 is 0. The largest absolute Gasteiger partial charge is 0.379 e. The summed E-state index contributed by atoms with van der Waals surface area (Å²) in [5.74, 6) is -0.0775. The standard InChI is InChI=1S/C14H15N3O/c1-15-14(18)11-5-7-12(8-6-11)17-10-13-4-2-3-9-16-13/h2-9,17H,10H2,1H3,(H,15,18). The van der Waals surface area contributed by atoms with Crippen molar-refractivity contribution in [3.8, 4) is 0 Å². The van der Waals surface area contributed by atoms with Crippen LogP contribution in [0.15, 0.2) is 48.7 Å². The summed E-state index contributed by atoms with van der Waals surface area (Å²) in [5.41, 5.74) is 2.60. The molecule has 0 aliphatic rings. The zero-order chi connectivity index (χ0) is 12.8. The van der Waals surface area contributed by atoms with Gasteiger partial charge in [-0.2, -0.15) is 0 Å². The number of amides is 1. The van der Waals surface area contributed by atoms with Crippen LogP contribution < -0.4 is 10.6 Å². The van der Waals surface area contributed by atoms with Crippen LogP contribution in [0.3, 0.4) is 0 Å². The number of rotatable bonds is 4. The molecule has 4 heteroatoms. The molecule has 2 aromatic rings. The van der Waals surface area contributed by atoms with E-state index >= 15 is 0 Å². The molecule has 1 heterocycles. The van der Waals surface area contributed by atoms with Crippen molar-refractivity contribution < 1.29 is 4.79 Å². The third-order valence-electron chi connectivity index (χ3n) is 2.57. The van der Waals surface area contributed by atoms with E-state index in [9.17, 15) is 4.79 Å². The highest BCUT2D eigenvalue weighted by molar-refractivity contribution is 5.94. The van der Waals surface area contributed by atoms with Crippen LogP contribution in [0.4, 0.5) is 5.69 Å². The minimum absolute atomic E-state index is 0.0775. The Morgan fingerprint density at radius 2 is 1.94 bits per heavy atom. The van der Waals surface area contributed by atoms with E-state index in [1.807, 2.05) is 30.3 Å². The topological polar surface area (TPSA) is 54.0 Å². The molecule has 0 aliphatic carbocycles. The van der Waals surface area contributed by atoms with Crippen LogP contribution in [0.25, 0.3) is 0 Å². The van der Waals surface area contributed by atoms with Crippen molar-refractivity contribution in [3.05, 3.63) is 59.9 Å². The second kappa shape index (κ2) is 5.82. The van der Waals surface area contributed by atoms with Gasteiger partial charge < -0.3 is 10.6 Å². The maximum absolute atomic E-state index is 11.4. The molecule has 0 atom stereocenters. The molecule has 0 saturated heterocycles. The lowest BCUT2D eigenvalue weighted by atomic mass is 10.2. The number of pyridine rings is 1. The van der Waals surface area contributed by atoms with E-state index in [4.69, 9.17) is 0 Å². The monoisotopic (exact) mass is 241 g/mol. The third kappa shape index (κ3) is 3.07. The molecule has 18 heavy (non-hydrogen) atoms. The first kappa shape index (κ1) is 12.1. The Morgan fingerprint density at radius 3 is 2.56 bits per heavy atom. The van der Waals surface area contributed by atoms with Gasteiger partial charge >= 0.3 is 0 Å². The quantitative estimate of drug-likeness (QED) is 0.861. The SMILES string of the molecule is CNC(=O)c1ccc(NCc2ccccn2)cc1. The fourth-order valence-corrected chi connectivity index (χ4v) is 1.58. The minimum atomic E-state index is -0.0775. The number of aromatic nitrogens is 1. The van der Waals surface area contributed by atoms with Crippen LogP contribution in [0, 0.1) is 0 Å². The van der Waals surface area contributed by atoms with Gasteiger partial charge in [-0.25, -0.2) is 0 Å². The van der Waals surface area contributed by atoms with Gasteiger partial charge in [0.05, 0.1) is 12.2 Å². The van der Waals surface area contributed by atoms with Crippen molar-refractivity contribution in [3.63, 3.8) is 0 Å². The van der Waals surface area contributed by atoms with Gasteiger partial charge in [0.2, 0.25) is 0 Å². The number of nitrogens with one attached hydrogen (secondary N) is 2. The number of carbonyl (C=O) groups is 1. The molecule has 1 aromatic heterocycles. The number of nitrogens with zero attached hydrogens (tertiary/aromatic N) is 1. The Labute approximate surface area is 106 Å². The summed E-state index contributed by atoms with van der Waals surface area (Å²) >= 11 is 0. The van der Waals surface area contributed by atoms with Gasteiger partial charge in [0.25, 0.3) is 5.91 Å². The van der Waals surface area contributed by atoms with Crippen molar-refractivity contribution in [1.29, 1.82) is 0 Å². The van der Waals surface area contributed by atoms with E-state index in [-0.39, 0.29) is 5.91 Å². The van der Waals surface area contributed by atoms with Gasteiger partial charge in [0.1, 0.15) is 0 Å². The average Bonchev–Trinajstić information content (AvgIpc) is 2.46. The molecule has 0 saturated carbocycles. The average molecular weight is 241 g/mol. The second-order valence-corrected chi connectivity index (χ2v) is 3.83. The number of anilines is 1. The smallest absolute Gasteiger partial charge is 0.251 e. The first-order chi connectivity index (χ1) is 8.79. The van der Waals surface area contributed by atoms with Crippen LogP contribution in [-0.2, 0) is 6.54 Å². The number of hydrogen-bond donors (Lipinski definition) is 2. The highest BCUT2D eigenvalue weighted by atomic mass is 16.1. The molecule has 0 bridgehead atoms. The lowest BCUT2D eigenvalue weighted by Crippen LogP contribution is -2.17. The van der Waals surface area contributed by atoms with E-state index in [0.29, 0.717) is 12.1 Å². The third-order valence-corrected chi connectivity index (χ3v) is 2.57. The molecule has 92 valence electrons. The highest BCUT2D eigenvalue weighted by Gasteiger charge is 2.01. The summed E-state index contributed by atoms with van der Waals surface area (Å²) in [7, 11) is 1.62. The van der Waals surface area contributed by atoms with Crippen LogP contribution >= 0.6 is 0 Å². The summed E-state index contributed by atoms with van der Waals surface area (Å²) in [6.45, 7) is 0.667. The van der Waals surface area contributed by atoms with E-state index in [2.05, 4.69) is 15.6 Å². The summed E-state index contributed by atoms with van der Waals surface area (Å²) in [4.78, 5) is 15.6. The number of benzene rings is 1. The molecule has 4 nitrogen and oxygen atoms in total. The molecule has 2 N–H and O–H groups in total. The first-order valence-electron chi connectivity index (χ1n) is 5.75. The van der Waals surface area contributed by atoms with Gasteiger partial charge in [0.15, 0.2) is 0 Å². The van der Waals surface area contributed by atoms with Crippen molar-refractivity contribution in [1.82, 2.24) is 10.3 Å². The fourth-order valence-electron chi connectivity index (χ4n) is 1.58. The normalized spacial score (nSPS) is 9.83. The molecule has 1 aromatic carbocycles. The van der Waals surface area contributed by atoms with Crippen molar-refractivity contribution in [2.24, 2.45) is 0 Å². The molecular formula is C14H15N3O. The molecule has 1 amide bonds. The van der Waals surface area contributed by atoms with E-state index in [1.54, 1.807) is 25.4 Å². The van der Waals surface area contributed by atoms with Crippen LogP contribution in [0.1, 0.15) is 16.1 Å². The molecule has 0 spiro atoms. The number of hydrogen-bond acceptors (Lipinski definition) is 3. The van der Waals surface area contributed by atoms with Crippen LogP contribution in [-0.4, -0.2) is 17.9 Å². The summed E-state index contributed by atoms with van der Waals surface area (Å²) in [5, 5.41) is 5.84. The predicted octanol–water partition coefficient (Wildman–Crippen LogP) is 2.05. The van der Waals surface area contributed by atoms with Gasteiger partial charge in [-0.3, -0.25) is 9.78 Å². The zero-order valence-corrected chi connectivity index (χ0v) is 10.2. The molecule has 2 rings (SSSR count). The minimum Gasteiger partial charge on any atom is -0.379 e. The Hall–Kier alpha value is -2.36. The molecule has 0 unspecified atom stereocenters.